The molecule has 0 saturated carbocycles. The van der Waals surface area contributed by atoms with E-state index in [1.807, 2.05) is 137 Å². The first-order valence-corrected chi connectivity index (χ1v) is 28.4. The highest BCUT2D eigenvalue weighted by atomic mass is 16.8. The molecule has 20 heteroatoms. The molecule has 3 aliphatic heterocycles. The van der Waals surface area contributed by atoms with Crippen LogP contribution >= 0.6 is 0 Å². The molecule has 0 bridgehead atoms. The Morgan fingerprint density at radius 1 is 0.477 bits per heavy atom. The maximum absolute atomic E-state index is 10.6. The summed E-state index contributed by atoms with van der Waals surface area (Å²) in [6.07, 6.45) is -0.170. The lowest BCUT2D eigenvalue weighted by Gasteiger charge is -2.37. The molecule has 6 N–H and O–H groups in total. The summed E-state index contributed by atoms with van der Waals surface area (Å²) >= 11 is 0. The lowest BCUT2D eigenvalue weighted by molar-refractivity contribution is -0.201. The third kappa shape index (κ3) is 12.4. The molecule has 13 rings (SSSR count). The monoisotopic (exact) mass is 1190 g/mol. The minimum atomic E-state index is -1.28. The Hall–Kier alpha value is -8.38. The molecular formula is C68H78N10O10. The molecule has 3 saturated heterocycles. The normalized spacial score (nSPS) is 21.2. The second-order valence-electron chi connectivity index (χ2n) is 21.9. The zero-order chi connectivity index (χ0) is 60.1. The molecule has 7 heterocycles. The van der Waals surface area contributed by atoms with Crippen molar-refractivity contribution in [3.63, 3.8) is 0 Å². The number of benzene rings is 6. The quantitative estimate of drug-likeness (QED) is 0.0389. The van der Waals surface area contributed by atoms with Gasteiger partial charge in [0, 0.05) is 14.2 Å². The molecule has 2 unspecified atom stereocenters. The molecule has 4 aromatic heterocycles. The van der Waals surface area contributed by atoms with Crippen LogP contribution in [0.1, 0.15) is 88.4 Å². The van der Waals surface area contributed by atoms with Crippen LogP contribution in [-0.2, 0) is 39.5 Å². The van der Waals surface area contributed by atoms with E-state index < -0.39 is 78.3 Å². The van der Waals surface area contributed by atoms with Gasteiger partial charge >= 0.3 is 0 Å². The number of rotatable bonds is 16. The van der Waals surface area contributed by atoms with Gasteiger partial charge in [0.2, 0.25) is 0 Å². The van der Waals surface area contributed by atoms with Gasteiger partial charge in [-0.25, -0.2) is 29.3 Å². The van der Waals surface area contributed by atoms with Crippen molar-refractivity contribution in [2.75, 3.05) is 38.1 Å². The molecular weight excluding hydrogens is 1120 g/mol. The van der Waals surface area contributed by atoms with Gasteiger partial charge in [-0.3, -0.25) is 0 Å². The fourth-order valence-electron chi connectivity index (χ4n) is 11.4. The molecule has 0 aliphatic carbocycles. The predicted octanol–water partition coefficient (Wildman–Crippen LogP) is 9.77. The lowest BCUT2D eigenvalue weighted by Crippen LogP contribution is -2.38. The Morgan fingerprint density at radius 3 is 1.12 bits per heavy atom. The number of anilines is 2. The van der Waals surface area contributed by atoms with Gasteiger partial charge < -0.3 is 59.5 Å². The highest BCUT2D eigenvalue weighted by molar-refractivity contribution is 5.88. The molecule has 3 aliphatic rings. The maximum Gasteiger partial charge on any atom is 0.181 e. The first-order valence-electron chi connectivity index (χ1n) is 28.4. The number of hydrogen-bond donors (Lipinski definition) is 6. The average molecular weight is 1200 g/mol. The number of fused-ring (bicyclic) bond motifs is 3. The standard InChI is InChI=1S/C32H31N5O4.C29H27N5O4.C5H12O2.2CH4/c1-31(2)40-26-25(19-38)39-30(27(26)41-31)37-29-24(18-35-37)28(33-20-34-29)36-32(21-12-6-3-7-13-21,22-14-8-4-9-15-22)23-16-10-5-11-17-23;35-17-23-24(36)25(37)28(38-23)34-27-22(16-32-34)26(30-18-31-27)33-29(19-10-4-1-5-11-19,20-12-6-2-7-13-20)21-14-8-3-9-15-21;1-5(2,6-3)7-4;;/h3-18,20,25-27,30,38H,19H2,1-2H3,(H,33,34,36);1-16,18,23-25,28,35-37H,17H2,(H,30,31,33);1-4H3;2*1H4/t25-,26+,27?,30-;23-,24+,25?,28-;;;/m11.../s1. The second kappa shape index (κ2) is 27.3. The SMILES string of the molecule is C.C.CC1(C)OC2[C@@H](O1)[C@@H](CO)O[C@H]2n1ncc2c(NC(c3ccccc3)(c3ccccc3)c3ccccc3)ncnc21.COC(C)(C)OC.OC[C@H]1O[C@@H](n2ncc3c(NC(c4ccccc4)(c4ccccc4)c4ccccc4)ncnc32)C(O)[C@H]1O. The minimum Gasteiger partial charge on any atom is -0.394 e. The van der Waals surface area contributed by atoms with Gasteiger partial charge in [0.1, 0.15) is 72.0 Å². The van der Waals surface area contributed by atoms with Crippen molar-refractivity contribution in [1.29, 1.82) is 0 Å². The van der Waals surface area contributed by atoms with E-state index in [0.29, 0.717) is 28.3 Å². The first-order chi connectivity index (χ1) is 41.8. The number of nitrogens with zero attached hydrogens (tertiary/aromatic N) is 8. The Morgan fingerprint density at radius 2 is 0.807 bits per heavy atom. The van der Waals surface area contributed by atoms with Gasteiger partial charge in [-0.15, -0.1) is 0 Å². The number of nitrogens with one attached hydrogen (secondary N) is 2. The molecule has 6 aromatic carbocycles. The van der Waals surface area contributed by atoms with Crippen LogP contribution in [-0.4, -0.2) is 136 Å². The highest BCUT2D eigenvalue weighted by Gasteiger charge is 2.56. The Balaban J connectivity index is 0.000000186. The summed E-state index contributed by atoms with van der Waals surface area (Å²) in [4.78, 5) is 18.3. The van der Waals surface area contributed by atoms with Crippen molar-refractivity contribution in [3.05, 3.63) is 240 Å². The van der Waals surface area contributed by atoms with Gasteiger partial charge in [0.05, 0.1) is 36.4 Å². The maximum atomic E-state index is 10.6. The first kappa shape index (κ1) is 64.1. The van der Waals surface area contributed by atoms with Crippen molar-refractivity contribution in [2.24, 2.45) is 0 Å². The van der Waals surface area contributed by atoms with Gasteiger partial charge in [-0.05, 0) is 61.1 Å². The third-order valence-electron chi connectivity index (χ3n) is 15.9. The summed E-state index contributed by atoms with van der Waals surface area (Å²) in [6, 6.07) is 61.5. The summed E-state index contributed by atoms with van der Waals surface area (Å²) in [6.45, 7) is 6.81. The molecule has 3 fully saturated rings. The fourth-order valence-corrected chi connectivity index (χ4v) is 11.4. The van der Waals surface area contributed by atoms with E-state index in [1.54, 1.807) is 31.3 Å². The van der Waals surface area contributed by atoms with Gasteiger partial charge in [-0.1, -0.05) is 197 Å². The Kier molecular flexibility index (Phi) is 19.9. The van der Waals surface area contributed by atoms with Crippen LogP contribution in [0.15, 0.2) is 207 Å². The predicted molar refractivity (Wildman–Crippen MR) is 336 cm³/mol. The van der Waals surface area contributed by atoms with Crippen molar-refractivity contribution in [3.8, 4) is 0 Å². The molecule has 460 valence electrons. The topological polar surface area (TPSA) is 248 Å². The van der Waals surface area contributed by atoms with Crippen LogP contribution < -0.4 is 10.6 Å². The van der Waals surface area contributed by atoms with Crippen molar-refractivity contribution in [1.82, 2.24) is 39.5 Å². The van der Waals surface area contributed by atoms with Gasteiger partial charge in [0.25, 0.3) is 0 Å². The van der Waals surface area contributed by atoms with E-state index in [1.165, 1.54) is 17.3 Å². The minimum absolute atomic E-state index is 0. The zero-order valence-corrected chi connectivity index (χ0v) is 48.5. The zero-order valence-electron chi connectivity index (χ0n) is 48.5. The van der Waals surface area contributed by atoms with Crippen LogP contribution in [0.3, 0.4) is 0 Å². The summed E-state index contributed by atoms with van der Waals surface area (Å²) in [5.74, 6) is -0.0599. The van der Waals surface area contributed by atoms with E-state index in [4.69, 9.17) is 38.5 Å². The summed E-state index contributed by atoms with van der Waals surface area (Å²) in [5, 5.41) is 58.4. The van der Waals surface area contributed by atoms with Gasteiger partial charge in [0.15, 0.2) is 35.3 Å². The lowest BCUT2D eigenvalue weighted by atomic mass is 9.77. The largest absolute Gasteiger partial charge is 0.394 e. The summed E-state index contributed by atoms with van der Waals surface area (Å²) in [5.41, 5.74) is 5.64. The van der Waals surface area contributed by atoms with E-state index >= 15 is 0 Å². The molecule has 10 aromatic rings. The van der Waals surface area contributed by atoms with Crippen molar-refractivity contribution < 1.29 is 48.8 Å². The van der Waals surface area contributed by atoms with Crippen LogP contribution in [0.2, 0.25) is 0 Å². The Bertz CT molecular complexity index is 3590. The summed E-state index contributed by atoms with van der Waals surface area (Å²) in [7, 11) is 3.23. The number of hydrogen-bond acceptors (Lipinski definition) is 18. The number of methoxy groups -OCH3 is 2. The molecule has 0 amide bonds. The van der Waals surface area contributed by atoms with Crippen LogP contribution in [0.4, 0.5) is 11.6 Å². The van der Waals surface area contributed by atoms with E-state index in [-0.39, 0.29) is 21.5 Å². The number of aliphatic hydroxyl groups excluding tert-OH is 4. The van der Waals surface area contributed by atoms with Crippen LogP contribution in [0.25, 0.3) is 22.1 Å². The number of aromatic nitrogens is 8. The molecule has 0 spiro atoms. The second-order valence-corrected chi connectivity index (χ2v) is 21.9. The third-order valence-corrected chi connectivity index (χ3v) is 15.9. The van der Waals surface area contributed by atoms with E-state index in [2.05, 4.69) is 103 Å². The van der Waals surface area contributed by atoms with E-state index in [9.17, 15) is 20.4 Å². The molecule has 20 nitrogen and oxygen atoms in total. The highest BCUT2D eigenvalue weighted by Crippen LogP contribution is 2.46. The molecule has 0 radical (unpaired) electrons. The average Bonchev–Trinajstić information content (AvgIpc) is 1.10. The van der Waals surface area contributed by atoms with E-state index in [0.717, 1.165) is 38.8 Å². The number of aliphatic hydroxyl groups is 4. The van der Waals surface area contributed by atoms with Gasteiger partial charge in [-0.2, -0.15) is 10.2 Å². The van der Waals surface area contributed by atoms with Crippen LogP contribution in [0.5, 0.6) is 0 Å². The molecule has 8 atom stereocenters. The summed E-state index contributed by atoms with van der Waals surface area (Å²) < 4.78 is 37.0. The van der Waals surface area contributed by atoms with Crippen LogP contribution in [0, 0.1) is 0 Å². The van der Waals surface area contributed by atoms with Crippen molar-refractivity contribution >= 4 is 33.7 Å². The number of ether oxygens (including phenoxy) is 6. The fraction of sp³-hybridized carbons (Fsp3) is 0.324. The Labute approximate surface area is 512 Å². The molecule has 88 heavy (non-hydrogen) atoms. The smallest absolute Gasteiger partial charge is 0.181 e. The van der Waals surface area contributed by atoms with Crippen molar-refractivity contribution in [2.45, 2.75) is 114 Å².